The molecule has 2 rings (SSSR count). The standard InChI is InChI=1S/C16H17BrFNO/c1-11(13-4-3-5-16(8-13)20-2)19-10-12-6-14(17)9-15(18)7-12/h3-9,11,19H,10H2,1-2H3/t11-/m1/s1. The second-order valence-corrected chi connectivity index (χ2v) is 5.57. The molecule has 1 N–H and O–H groups in total. The smallest absolute Gasteiger partial charge is 0.124 e. The fourth-order valence-corrected chi connectivity index (χ4v) is 2.53. The van der Waals surface area contributed by atoms with Gasteiger partial charge in [0.1, 0.15) is 11.6 Å². The Hall–Kier alpha value is -1.39. The molecule has 0 amide bonds. The van der Waals surface area contributed by atoms with Gasteiger partial charge in [-0.15, -0.1) is 0 Å². The summed E-state index contributed by atoms with van der Waals surface area (Å²) in [7, 11) is 1.65. The van der Waals surface area contributed by atoms with Crippen LogP contribution in [0, 0.1) is 5.82 Å². The van der Waals surface area contributed by atoms with Crippen LogP contribution in [0.4, 0.5) is 4.39 Å². The fraction of sp³-hybridized carbons (Fsp3) is 0.250. The first-order valence-corrected chi connectivity index (χ1v) is 7.20. The Morgan fingerprint density at radius 1 is 1.25 bits per heavy atom. The third-order valence-electron chi connectivity index (χ3n) is 3.13. The summed E-state index contributed by atoms with van der Waals surface area (Å²) in [6, 6.07) is 13.0. The molecule has 2 nitrogen and oxygen atoms in total. The van der Waals surface area contributed by atoms with Gasteiger partial charge in [0, 0.05) is 17.1 Å². The third-order valence-corrected chi connectivity index (χ3v) is 3.59. The van der Waals surface area contributed by atoms with Crippen LogP contribution < -0.4 is 10.1 Å². The number of rotatable bonds is 5. The Kier molecular flexibility index (Phi) is 5.15. The molecule has 0 heterocycles. The first-order valence-electron chi connectivity index (χ1n) is 6.41. The van der Waals surface area contributed by atoms with E-state index in [1.807, 2.05) is 30.3 Å². The van der Waals surface area contributed by atoms with Crippen LogP contribution >= 0.6 is 15.9 Å². The van der Waals surface area contributed by atoms with Gasteiger partial charge < -0.3 is 10.1 Å². The number of hydrogen-bond acceptors (Lipinski definition) is 2. The summed E-state index contributed by atoms with van der Waals surface area (Å²) in [5, 5.41) is 3.38. The van der Waals surface area contributed by atoms with Crippen molar-refractivity contribution in [3.05, 3.63) is 63.9 Å². The maximum atomic E-state index is 13.3. The molecule has 0 saturated heterocycles. The summed E-state index contributed by atoms with van der Waals surface area (Å²) >= 11 is 3.30. The number of halogens is 2. The summed E-state index contributed by atoms with van der Waals surface area (Å²) < 4.78 is 19.3. The van der Waals surface area contributed by atoms with Crippen LogP contribution in [0.5, 0.6) is 5.75 Å². The minimum atomic E-state index is -0.231. The van der Waals surface area contributed by atoms with Gasteiger partial charge in [0.25, 0.3) is 0 Å². The van der Waals surface area contributed by atoms with Gasteiger partial charge in [-0.1, -0.05) is 28.1 Å². The van der Waals surface area contributed by atoms with E-state index in [4.69, 9.17) is 4.74 Å². The van der Waals surface area contributed by atoms with Crippen LogP contribution in [0.25, 0.3) is 0 Å². The molecule has 0 bridgehead atoms. The maximum Gasteiger partial charge on any atom is 0.124 e. The second kappa shape index (κ2) is 6.86. The van der Waals surface area contributed by atoms with Crippen molar-refractivity contribution in [2.45, 2.75) is 19.5 Å². The lowest BCUT2D eigenvalue weighted by molar-refractivity contribution is 0.413. The largest absolute Gasteiger partial charge is 0.497 e. The van der Waals surface area contributed by atoms with Gasteiger partial charge >= 0.3 is 0 Å². The molecule has 0 aliphatic heterocycles. The van der Waals surface area contributed by atoms with E-state index in [2.05, 4.69) is 28.2 Å². The van der Waals surface area contributed by atoms with Crippen LogP contribution in [0.3, 0.4) is 0 Å². The number of nitrogens with one attached hydrogen (secondary N) is 1. The van der Waals surface area contributed by atoms with Crippen LogP contribution in [-0.4, -0.2) is 7.11 Å². The third kappa shape index (κ3) is 4.05. The number of hydrogen-bond donors (Lipinski definition) is 1. The van der Waals surface area contributed by atoms with E-state index in [1.54, 1.807) is 7.11 Å². The molecule has 0 radical (unpaired) electrons. The second-order valence-electron chi connectivity index (χ2n) is 4.66. The Morgan fingerprint density at radius 3 is 2.75 bits per heavy atom. The van der Waals surface area contributed by atoms with Gasteiger partial charge in [0.05, 0.1) is 7.11 Å². The first kappa shape index (κ1) is 15.0. The molecule has 2 aromatic carbocycles. The molecule has 0 saturated carbocycles. The monoisotopic (exact) mass is 337 g/mol. The zero-order chi connectivity index (χ0) is 14.5. The molecule has 0 unspecified atom stereocenters. The number of benzene rings is 2. The van der Waals surface area contributed by atoms with Crippen LogP contribution in [0.15, 0.2) is 46.9 Å². The van der Waals surface area contributed by atoms with Gasteiger partial charge in [-0.25, -0.2) is 4.39 Å². The van der Waals surface area contributed by atoms with E-state index in [-0.39, 0.29) is 11.9 Å². The highest BCUT2D eigenvalue weighted by Gasteiger charge is 2.07. The van der Waals surface area contributed by atoms with Crippen LogP contribution in [0.1, 0.15) is 24.1 Å². The molecular weight excluding hydrogens is 321 g/mol. The van der Waals surface area contributed by atoms with Crippen molar-refractivity contribution in [1.29, 1.82) is 0 Å². The predicted octanol–water partition coefficient (Wildman–Crippen LogP) is 4.45. The maximum absolute atomic E-state index is 13.3. The van der Waals surface area contributed by atoms with E-state index in [0.29, 0.717) is 6.54 Å². The van der Waals surface area contributed by atoms with Crippen LogP contribution in [-0.2, 0) is 6.54 Å². The highest BCUT2D eigenvalue weighted by atomic mass is 79.9. The predicted molar refractivity (Wildman–Crippen MR) is 82.3 cm³/mol. The quantitative estimate of drug-likeness (QED) is 0.870. The Morgan fingerprint density at radius 2 is 2.05 bits per heavy atom. The first-order chi connectivity index (χ1) is 9.58. The Balaban J connectivity index is 2.02. The molecule has 2 aromatic rings. The van der Waals surface area contributed by atoms with Gasteiger partial charge in [-0.3, -0.25) is 0 Å². The zero-order valence-electron chi connectivity index (χ0n) is 11.5. The average Bonchev–Trinajstić information content (AvgIpc) is 2.44. The molecule has 0 aliphatic carbocycles. The van der Waals surface area contributed by atoms with E-state index >= 15 is 0 Å². The lowest BCUT2D eigenvalue weighted by atomic mass is 10.1. The van der Waals surface area contributed by atoms with E-state index in [1.165, 1.54) is 12.1 Å². The topological polar surface area (TPSA) is 21.3 Å². The molecular formula is C16H17BrFNO. The molecule has 0 spiro atoms. The van der Waals surface area contributed by atoms with Crippen molar-refractivity contribution in [2.75, 3.05) is 7.11 Å². The Bertz CT molecular complexity index is 568. The van der Waals surface area contributed by atoms with Crippen molar-refractivity contribution >= 4 is 15.9 Å². The van der Waals surface area contributed by atoms with Gasteiger partial charge in [0.15, 0.2) is 0 Å². The van der Waals surface area contributed by atoms with Crippen molar-refractivity contribution in [3.63, 3.8) is 0 Å². The van der Waals surface area contributed by atoms with E-state index < -0.39 is 0 Å². The van der Waals surface area contributed by atoms with Crippen molar-refractivity contribution < 1.29 is 9.13 Å². The Labute approximate surface area is 127 Å². The molecule has 20 heavy (non-hydrogen) atoms. The van der Waals surface area contributed by atoms with Crippen molar-refractivity contribution in [3.8, 4) is 5.75 Å². The summed E-state index contributed by atoms with van der Waals surface area (Å²) in [5.74, 6) is 0.606. The SMILES string of the molecule is COc1cccc([C@@H](C)NCc2cc(F)cc(Br)c2)c1. The normalized spacial score (nSPS) is 12.2. The minimum Gasteiger partial charge on any atom is -0.497 e. The molecule has 106 valence electrons. The van der Waals surface area contributed by atoms with Gasteiger partial charge in [-0.05, 0) is 48.4 Å². The molecule has 0 fully saturated rings. The molecule has 0 aromatic heterocycles. The lowest BCUT2D eigenvalue weighted by Crippen LogP contribution is -2.18. The molecule has 1 atom stereocenters. The van der Waals surface area contributed by atoms with Crippen LogP contribution in [0.2, 0.25) is 0 Å². The fourth-order valence-electron chi connectivity index (χ4n) is 2.01. The van der Waals surface area contributed by atoms with Crippen molar-refractivity contribution in [1.82, 2.24) is 5.32 Å². The summed E-state index contributed by atoms with van der Waals surface area (Å²) in [4.78, 5) is 0. The summed E-state index contributed by atoms with van der Waals surface area (Å²) in [6.07, 6.45) is 0. The van der Waals surface area contributed by atoms with Gasteiger partial charge in [0.2, 0.25) is 0 Å². The highest BCUT2D eigenvalue weighted by molar-refractivity contribution is 9.10. The molecule has 0 aliphatic rings. The van der Waals surface area contributed by atoms with Crippen molar-refractivity contribution in [2.24, 2.45) is 0 Å². The lowest BCUT2D eigenvalue weighted by Gasteiger charge is -2.15. The minimum absolute atomic E-state index is 0.159. The number of methoxy groups -OCH3 is 1. The zero-order valence-corrected chi connectivity index (χ0v) is 13.1. The number of ether oxygens (including phenoxy) is 1. The highest BCUT2D eigenvalue weighted by Crippen LogP contribution is 2.20. The van der Waals surface area contributed by atoms with E-state index in [9.17, 15) is 4.39 Å². The summed E-state index contributed by atoms with van der Waals surface area (Å²) in [5.41, 5.74) is 2.05. The molecule has 4 heteroatoms. The average molecular weight is 338 g/mol. The van der Waals surface area contributed by atoms with Gasteiger partial charge in [-0.2, -0.15) is 0 Å². The van der Waals surface area contributed by atoms with E-state index in [0.717, 1.165) is 21.3 Å². The summed E-state index contributed by atoms with van der Waals surface area (Å²) in [6.45, 7) is 2.68.